The fourth-order valence-corrected chi connectivity index (χ4v) is 3.19. The largest absolute Gasteiger partial charge is 0.497 e. The number of carbonyl (C=O) groups excluding carboxylic acids is 1. The number of aromatic nitrogens is 2. The SMILES string of the molecule is CCc1ncc(C(=O)N2CCN(Cc3cc(OC)ccc3OC)CC2)cn1. The zero-order valence-corrected chi connectivity index (χ0v) is 16.1. The van der Waals surface area contributed by atoms with E-state index in [9.17, 15) is 4.79 Å². The Balaban J connectivity index is 1.59. The molecule has 1 amide bonds. The summed E-state index contributed by atoms with van der Waals surface area (Å²) >= 11 is 0. The molecule has 1 aliphatic rings. The minimum atomic E-state index is -0.00346. The standard InChI is InChI=1S/C20H26N4O3/c1-4-19-21-12-16(13-22-19)20(25)24-9-7-23(8-10-24)14-15-11-17(26-2)5-6-18(15)27-3/h5-6,11-13H,4,7-10,14H2,1-3H3. The highest BCUT2D eigenvalue weighted by Crippen LogP contribution is 2.25. The maximum atomic E-state index is 12.6. The van der Waals surface area contributed by atoms with Crippen LogP contribution < -0.4 is 9.47 Å². The molecule has 1 fully saturated rings. The van der Waals surface area contributed by atoms with Gasteiger partial charge < -0.3 is 14.4 Å². The first-order chi connectivity index (χ1) is 13.1. The molecule has 1 aromatic heterocycles. The van der Waals surface area contributed by atoms with E-state index >= 15 is 0 Å². The van der Waals surface area contributed by atoms with Gasteiger partial charge in [0.05, 0.1) is 19.8 Å². The van der Waals surface area contributed by atoms with Gasteiger partial charge in [0.2, 0.25) is 0 Å². The van der Waals surface area contributed by atoms with Crippen LogP contribution in [0.5, 0.6) is 11.5 Å². The maximum Gasteiger partial charge on any atom is 0.257 e. The van der Waals surface area contributed by atoms with Crippen molar-refractivity contribution < 1.29 is 14.3 Å². The number of benzene rings is 1. The average Bonchev–Trinajstić information content (AvgIpc) is 2.73. The van der Waals surface area contributed by atoms with E-state index in [-0.39, 0.29) is 5.91 Å². The second-order valence-corrected chi connectivity index (χ2v) is 6.49. The number of methoxy groups -OCH3 is 2. The highest BCUT2D eigenvalue weighted by Gasteiger charge is 2.23. The lowest BCUT2D eigenvalue weighted by Crippen LogP contribution is -2.48. The molecule has 1 aromatic carbocycles. The Labute approximate surface area is 159 Å². The van der Waals surface area contributed by atoms with Crippen molar-refractivity contribution in [3.63, 3.8) is 0 Å². The molecule has 1 saturated heterocycles. The quantitative estimate of drug-likeness (QED) is 0.775. The first kappa shape index (κ1) is 19.1. The number of piperazine rings is 1. The molecule has 27 heavy (non-hydrogen) atoms. The number of rotatable bonds is 6. The lowest BCUT2D eigenvalue weighted by atomic mass is 10.1. The summed E-state index contributed by atoms with van der Waals surface area (Å²) in [5, 5.41) is 0. The third kappa shape index (κ3) is 4.54. The Morgan fingerprint density at radius 3 is 2.37 bits per heavy atom. The maximum absolute atomic E-state index is 12.6. The fraction of sp³-hybridized carbons (Fsp3) is 0.450. The smallest absolute Gasteiger partial charge is 0.257 e. The van der Waals surface area contributed by atoms with Crippen molar-refractivity contribution in [3.05, 3.63) is 47.5 Å². The second-order valence-electron chi connectivity index (χ2n) is 6.49. The van der Waals surface area contributed by atoms with Crippen molar-refractivity contribution in [3.8, 4) is 11.5 Å². The van der Waals surface area contributed by atoms with Crippen molar-refractivity contribution in [2.24, 2.45) is 0 Å². The summed E-state index contributed by atoms with van der Waals surface area (Å²) in [6.07, 6.45) is 4.02. The molecule has 0 radical (unpaired) electrons. The van der Waals surface area contributed by atoms with E-state index in [2.05, 4.69) is 14.9 Å². The Kier molecular flexibility index (Phi) is 6.24. The van der Waals surface area contributed by atoms with Crippen LogP contribution in [0.15, 0.2) is 30.6 Å². The van der Waals surface area contributed by atoms with Gasteiger partial charge in [-0.15, -0.1) is 0 Å². The van der Waals surface area contributed by atoms with Crippen molar-refractivity contribution in [2.75, 3.05) is 40.4 Å². The van der Waals surface area contributed by atoms with Crippen molar-refractivity contribution in [2.45, 2.75) is 19.9 Å². The lowest BCUT2D eigenvalue weighted by molar-refractivity contribution is 0.0626. The first-order valence-corrected chi connectivity index (χ1v) is 9.18. The highest BCUT2D eigenvalue weighted by atomic mass is 16.5. The van der Waals surface area contributed by atoms with Crippen molar-refractivity contribution >= 4 is 5.91 Å². The van der Waals surface area contributed by atoms with E-state index in [1.54, 1.807) is 26.6 Å². The summed E-state index contributed by atoms with van der Waals surface area (Å²) in [4.78, 5) is 25.3. The molecule has 0 aliphatic carbocycles. The Morgan fingerprint density at radius 1 is 1.07 bits per heavy atom. The van der Waals surface area contributed by atoms with Gasteiger partial charge in [-0.05, 0) is 18.2 Å². The first-order valence-electron chi connectivity index (χ1n) is 9.18. The number of ether oxygens (including phenoxy) is 2. The van der Waals surface area contributed by atoms with Gasteiger partial charge in [0.1, 0.15) is 17.3 Å². The molecule has 1 aliphatic heterocycles. The van der Waals surface area contributed by atoms with Crippen LogP contribution in [0.2, 0.25) is 0 Å². The van der Waals surface area contributed by atoms with Crippen molar-refractivity contribution in [1.29, 1.82) is 0 Å². The van der Waals surface area contributed by atoms with Crippen molar-refractivity contribution in [1.82, 2.24) is 19.8 Å². The molecular formula is C20H26N4O3. The predicted molar refractivity (Wildman–Crippen MR) is 102 cm³/mol. The molecule has 3 rings (SSSR count). The van der Waals surface area contributed by atoms with Crippen LogP contribution in [0.1, 0.15) is 28.7 Å². The molecule has 0 unspecified atom stereocenters. The van der Waals surface area contributed by atoms with Crippen LogP contribution in [-0.4, -0.2) is 66.1 Å². The number of carbonyl (C=O) groups is 1. The predicted octanol–water partition coefficient (Wildman–Crippen LogP) is 2.01. The summed E-state index contributed by atoms with van der Waals surface area (Å²) in [6.45, 7) is 5.73. The van der Waals surface area contributed by atoms with E-state index in [1.165, 1.54) is 0 Å². The Morgan fingerprint density at radius 2 is 1.78 bits per heavy atom. The molecule has 0 saturated carbocycles. The highest BCUT2D eigenvalue weighted by molar-refractivity contribution is 5.93. The van der Waals surface area contributed by atoms with Gasteiger partial charge in [-0.25, -0.2) is 9.97 Å². The van der Waals surface area contributed by atoms with Crippen LogP contribution in [-0.2, 0) is 13.0 Å². The van der Waals surface area contributed by atoms with Crippen LogP contribution in [0.4, 0.5) is 0 Å². The molecule has 7 nitrogen and oxygen atoms in total. The zero-order chi connectivity index (χ0) is 19.2. The average molecular weight is 370 g/mol. The molecule has 2 heterocycles. The monoisotopic (exact) mass is 370 g/mol. The molecular weight excluding hydrogens is 344 g/mol. The van der Waals surface area contributed by atoms with Gasteiger partial charge in [0.25, 0.3) is 5.91 Å². The number of amides is 1. The van der Waals surface area contributed by atoms with Crippen LogP contribution >= 0.6 is 0 Å². The van der Waals surface area contributed by atoms with Gasteiger partial charge in [-0.3, -0.25) is 9.69 Å². The summed E-state index contributed by atoms with van der Waals surface area (Å²) in [7, 11) is 3.33. The molecule has 144 valence electrons. The van der Waals surface area contributed by atoms with Gasteiger partial charge in [-0.1, -0.05) is 6.92 Å². The molecule has 7 heteroatoms. The minimum Gasteiger partial charge on any atom is -0.497 e. The lowest BCUT2D eigenvalue weighted by Gasteiger charge is -2.35. The third-order valence-corrected chi connectivity index (χ3v) is 4.81. The molecule has 0 atom stereocenters. The van der Waals surface area contributed by atoms with E-state index < -0.39 is 0 Å². The number of hydrogen-bond donors (Lipinski definition) is 0. The number of hydrogen-bond acceptors (Lipinski definition) is 6. The van der Waals surface area contributed by atoms with Gasteiger partial charge in [-0.2, -0.15) is 0 Å². The van der Waals surface area contributed by atoms with E-state index in [1.807, 2.05) is 30.0 Å². The Bertz CT molecular complexity index is 771. The molecule has 0 N–H and O–H groups in total. The number of aryl methyl sites for hydroxylation is 1. The molecule has 2 aromatic rings. The summed E-state index contributed by atoms with van der Waals surface area (Å²) in [5.74, 6) is 2.41. The van der Waals surface area contributed by atoms with E-state index in [0.717, 1.165) is 48.9 Å². The minimum absolute atomic E-state index is 0.00346. The zero-order valence-electron chi connectivity index (χ0n) is 16.1. The third-order valence-electron chi connectivity index (χ3n) is 4.81. The van der Waals surface area contributed by atoms with E-state index in [0.29, 0.717) is 18.7 Å². The van der Waals surface area contributed by atoms with Crippen LogP contribution in [0.25, 0.3) is 0 Å². The van der Waals surface area contributed by atoms with E-state index in [4.69, 9.17) is 9.47 Å². The fourth-order valence-electron chi connectivity index (χ4n) is 3.19. The summed E-state index contributed by atoms with van der Waals surface area (Å²) < 4.78 is 10.8. The molecule has 0 spiro atoms. The summed E-state index contributed by atoms with van der Waals surface area (Å²) in [5.41, 5.74) is 1.63. The van der Waals surface area contributed by atoms with Crippen LogP contribution in [0, 0.1) is 0 Å². The second kappa shape index (κ2) is 8.81. The normalized spacial score (nSPS) is 14.9. The Hall–Kier alpha value is -2.67. The van der Waals surface area contributed by atoms with Gasteiger partial charge >= 0.3 is 0 Å². The van der Waals surface area contributed by atoms with Gasteiger partial charge in [0.15, 0.2) is 0 Å². The molecule has 0 bridgehead atoms. The van der Waals surface area contributed by atoms with Gasteiger partial charge in [0, 0.05) is 57.1 Å². The number of nitrogens with zero attached hydrogens (tertiary/aromatic N) is 4. The summed E-state index contributed by atoms with van der Waals surface area (Å²) in [6, 6.07) is 5.82. The topological polar surface area (TPSA) is 67.8 Å². The van der Waals surface area contributed by atoms with Crippen LogP contribution in [0.3, 0.4) is 0 Å².